The van der Waals surface area contributed by atoms with Crippen molar-refractivity contribution >= 4 is 16.7 Å². The van der Waals surface area contributed by atoms with Crippen LogP contribution in [0.3, 0.4) is 0 Å². The number of benzene rings is 2. The average Bonchev–Trinajstić information content (AvgIpc) is 2.70. The molecule has 6 heteroatoms. The van der Waals surface area contributed by atoms with Crippen LogP contribution < -0.4 is 15.6 Å². The number of carbonyl (C=O) groups is 1. The number of nitrogens with one attached hydrogen (secondary N) is 1. The van der Waals surface area contributed by atoms with Crippen LogP contribution in [0, 0.1) is 12.3 Å². The van der Waals surface area contributed by atoms with Gasteiger partial charge >= 0.3 is 0 Å². The van der Waals surface area contributed by atoms with Gasteiger partial charge in [0.05, 0.1) is 11.6 Å². The molecule has 0 atom stereocenters. The summed E-state index contributed by atoms with van der Waals surface area (Å²) >= 11 is 0. The zero-order chi connectivity index (χ0) is 19.1. The molecule has 3 aromatic rings. The molecule has 0 saturated carbocycles. The lowest BCUT2D eigenvalue weighted by Gasteiger charge is -2.08. The monoisotopic (exact) mass is 361 g/mol. The summed E-state index contributed by atoms with van der Waals surface area (Å²) < 4.78 is 6.49. The van der Waals surface area contributed by atoms with E-state index in [1.54, 1.807) is 18.3 Å². The number of aromatic nitrogens is 2. The third kappa shape index (κ3) is 4.73. The Labute approximate surface area is 156 Å². The zero-order valence-corrected chi connectivity index (χ0v) is 14.7. The van der Waals surface area contributed by atoms with Crippen molar-refractivity contribution in [3.05, 3.63) is 70.6 Å². The van der Waals surface area contributed by atoms with Gasteiger partial charge in [-0.3, -0.25) is 9.59 Å². The van der Waals surface area contributed by atoms with E-state index in [-0.39, 0.29) is 24.6 Å². The van der Waals surface area contributed by atoms with Crippen LogP contribution in [0.2, 0.25) is 0 Å². The normalized spacial score (nSPS) is 10.3. The Morgan fingerprint density at radius 2 is 1.96 bits per heavy atom. The quantitative estimate of drug-likeness (QED) is 0.651. The Bertz CT molecular complexity index is 1030. The van der Waals surface area contributed by atoms with Gasteiger partial charge in [-0.2, -0.15) is 5.10 Å². The van der Waals surface area contributed by atoms with E-state index < -0.39 is 0 Å². The van der Waals surface area contributed by atoms with Crippen LogP contribution in [-0.4, -0.2) is 28.8 Å². The van der Waals surface area contributed by atoms with Crippen LogP contribution in [0.15, 0.2) is 59.5 Å². The molecule has 0 aliphatic heterocycles. The van der Waals surface area contributed by atoms with E-state index in [1.165, 1.54) is 4.68 Å². The van der Waals surface area contributed by atoms with Gasteiger partial charge in [0.25, 0.3) is 5.56 Å². The number of fused-ring (bicyclic) bond motifs is 1. The number of amides is 1. The van der Waals surface area contributed by atoms with Gasteiger partial charge in [-0.1, -0.05) is 36.3 Å². The minimum atomic E-state index is -0.272. The Morgan fingerprint density at radius 3 is 2.74 bits per heavy atom. The van der Waals surface area contributed by atoms with E-state index in [0.29, 0.717) is 24.1 Å². The maximum Gasteiger partial charge on any atom is 0.275 e. The summed E-state index contributed by atoms with van der Waals surface area (Å²) in [5.41, 5.74) is 0.787. The van der Waals surface area contributed by atoms with Crippen molar-refractivity contribution in [3.63, 3.8) is 0 Å². The van der Waals surface area contributed by atoms with Crippen LogP contribution in [0.5, 0.6) is 5.75 Å². The van der Waals surface area contributed by atoms with Crippen molar-refractivity contribution in [2.75, 3.05) is 13.2 Å². The topological polar surface area (TPSA) is 73.2 Å². The Morgan fingerprint density at radius 1 is 1.19 bits per heavy atom. The lowest BCUT2D eigenvalue weighted by molar-refractivity contribution is -0.121. The Hall–Kier alpha value is -3.59. The molecule has 0 aliphatic carbocycles. The lowest BCUT2D eigenvalue weighted by atomic mass is 10.1. The molecular formula is C21H19N3O3. The van der Waals surface area contributed by atoms with Crippen molar-refractivity contribution in [2.24, 2.45) is 0 Å². The van der Waals surface area contributed by atoms with Gasteiger partial charge < -0.3 is 10.1 Å². The van der Waals surface area contributed by atoms with Crippen molar-refractivity contribution in [3.8, 4) is 18.1 Å². The molecule has 0 bridgehead atoms. The van der Waals surface area contributed by atoms with Crippen molar-refractivity contribution < 1.29 is 9.53 Å². The highest BCUT2D eigenvalue weighted by molar-refractivity contribution is 5.81. The van der Waals surface area contributed by atoms with Crippen LogP contribution in [-0.2, 0) is 17.8 Å². The number of nitrogens with zero attached hydrogens (tertiary/aromatic N) is 2. The van der Waals surface area contributed by atoms with Gasteiger partial charge in [0.15, 0.2) is 0 Å². The second kappa shape index (κ2) is 8.68. The Balaban J connectivity index is 1.52. The zero-order valence-electron chi connectivity index (χ0n) is 14.7. The van der Waals surface area contributed by atoms with Crippen molar-refractivity contribution in [2.45, 2.75) is 13.0 Å². The fourth-order valence-electron chi connectivity index (χ4n) is 2.66. The van der Waals surface area contributed by atoms with E-state index in [4.69, 9.17) is 11.2 Å². The number of hydrogen-bond donors (Lipinski definition) is 1. The number of hydrogen-bond acceptors (Lipinski definition) is 4. The second-order valence-corrected chi connectivity index (χ2v) is 5.93. The van der Waals surface area contributed by atoms with Gasteiger partial charge in [0.2, 0.25) is 5.91 Å². The molecule has 0 aliphatic rings. The molecule has 1 aromatic heterocycles. The fourth-order valence-corrected chi connectivity index (χ4v) is 2.66. The SMILES string of the molecule is C#CCOc1ccc(CCNC(=O)Cn2ncc3ccccc3c2=O)cc1. The molecule has 3 rings (SSSR count). The second-order valence-electron chi connectivity index (χ2n) is 5.93. The summed E-state index contributed by atoms with van der Waals surface area (Å²) in [7, 11) is 0. The highest BCUT2D eigenvalue weighted by Crippen LogP contribution is 2.12. The predicted molar refractivity (Wildman–Crippen MR) is 103 cm³/mol. The standard InChI is InChI=1S/C21H19N3O3/c1-2-13-27-18-9-7-16(8-10-18)11-12-22-20(25)15-24-21(26)19-6-4-3-5-17(19)14-23-24/h1,3-10,14H,11-13,15H2,(H,22,25). The van der Waals surface area contributed by atoms with Gasteiger partial charge in [-0.15, -0.1) is 6.42 Å². The minimum absolute atomic E-state index is 0.109. The van der Waals surface area contributed by atoms with Crippen molar-refractivity contribution in [1.82, 2.24) is 15.1 Å². The summed E-state index contributed by atoms with van der Waals surface area (Å²) in [5.74, 6) is 2.87. The van der Waals surface area contributed by atoms with E-state index in [0.717, 1.165) is 10.9 Å². The number of terminal acetylenes is 1. The summed E-state index contributed by atoms with van der Waals surface area (Å²) in [6.45, 7) is 0.589. The van der Waals surface area contributed by atoms with Gasteiger partial charge in [-0.05, 0) is 30.2 Å². The first-order valence-electron chi connectivity index (χ1n) is 8.54. The molecule has 0 saturated heterocycles. The third-order valence-electron chi connectivity index (χ3n) is 4.04. The summed E-state index contributed by atoms with van der Waals surface area (Å²) in [4.78, 5) is 24.5. The van der Waals surface area contributed by atoms with Gasteiger partial charge in [0, 0.05) is 11.9 Å². The summed E-state index contributed by atoms with van der Waals surface area (Å²) in [5, 5.41) is 8.18. The third-order valence-corrected chi connectivity index (χ3v) is 4.04. The molecule has 27 heavy (non-hydrogen) atoms. The molecule has 1 amide bonds. The highest BCUT2D eigenvalue weighted by Gasteiger charge is 2.08. The molecule has 136 valence electrons. The summed E-state index contributed by atoms with van der Waals surface area (Å²) in [6, 6.07) is 14.7. The predicted octanol–water partition coefficient (Wildman–Crippen LogP) is 1.77. The molecule has 0 fully saturated rings. The molecule has 0 radical (unpaired) electrons. The molecule has 1 heterocycles. The number of carbonyl (C=O) groups excluding carboxylic acids is 1. The summed E-state index contributed by atoms with van der Waals surface area (Å²) in [6.07, 6.45) is 7.41. The van der Waals surface area contributed by atoms with Crippen LogP contribution in [0.25, 0.3) is 10.8 Å². The number of ether oxygens (including phenoxy) is 1. The fraction of sp³-hybridized carbons (Fsp3) is 0.190. The highest BCUT2D eigenvalue weighted by atomic mass is 16.5. The maximum absolute atomic E-state index is 12.4. The van der Waals surface area contributed by atoms with Crippen LogP contribution in [0.4, 0.5) is 0 Å². The van der Waals surface area contributed by atoms with E-state index in [9.17, 15) is 9.59 Å². The van der Waals surface area contributed by atoms with Crippen molar-refractivity contribution in [1.29, 1.82) is 0 Å². The molecule has 6 nitrogen and oxygen atoms in total. The van der Waals surface area contributed by atoms with Crippen LogP contribution >= 0.6 is 0 Å². The molecular weight excluding hydrogens is 342 g/mol. The Kier molecular flexibility index (Phi) is 5.85. The first kappa shape index (κ1) is 18.2. The largest absolute Gasteiger partial charge is 0.481 e. The minimum Gasteiger partial charge on any atom is -0.481 e. The smallest absolute Gasteiger partial charge is 0.275 e. The molecule has 2 aromatic carbocycles. The first-order chi connectivity index (χ1) is 13.2. The van der Waals surface area contributed by atoms with E-state index in [2.05, 4.69) is 16.3 Å². The van der Waals surface area contributed by atoms with E-state index >= 15 is 0 Å². The molecule has 1 N–H and O–H groups in total. The van der Waals surface area contributed by atoms with Gasteiger partial charge in [-0.25, -0.2) is 4.68 Å². The first-order valence-corrected chi connectivity index (χ1v) is 8.54. The average molecular weight is 361 g/mol. The maximum atomic E-state index is 12.4. The molecule has 0 unspecified atom stereocenters. The van der Waals surface area contributed by atoms with E-state index in [1.807, 2.05) is 36.4 Å². The number of rotatable bonds is 7. The van der Waals surface area contributed by atoms with Crippen LogP contribution in [0.1, 0.15) is 5.56 Å². The molecule has 0 spiro atoms. The lowest BCUT2D eigenvalue weighted by Crippen LogP contribution is -2.34. The van der Waals surface area contributed by atoms with Gasteiger partial charge in [0.1, 0.15) is 18.9 Å².